The van der Waals surface area contributed by atoms with Crippen LogP contribution in [0, 0.1) is 13.8 Å². The van der Waals surface area contributed by atoms with Crippen LogP contribution in [0.25, 0.3) is 0 Å². The van der Waals surface area contributed by atoms with Gasteiger partial charge in [0.25, 0.3) is 0 Å². The Labute approximate surface area is 120 Å². The van der Waals surface area contributed by atoms with Crippen LogP contribution >= 0.6 is 0 Å². The second kappa shape index (κ2) is 6.09. The van der Waals surface area contributed by atoms with Gasteiger partial charge in [-0.05, 0) is 37.1 Å². The van der Waals surface area contributed by atoms with Gasteiger partial charge in [-0.2, -0.15) is 5.10 Å². The highest BCUT2D eigenvalue weighted by atomic mass is 16.5. The Morgan fingerprint density at radius 1 is 1.35 bits per heavy atom. The number of nitrogens with zero attached hydrogens (tertiary/aromatic N) is 2. The second-order valence-electron chi connectivity index (χ2n) is 5.00. The summed E-state index contributed by atoms with van der Waals surface area (Å²) in [6, 6.07) is 6.50. The fourth-order valence-corrected chi connectivity index (χ4v) is 2.56. The van der Waals surface area contributed by atoms with Crippen LogP contribution in [0.5, 0.6) is 5.75 Å². The lowest BCUT2D eigenvalue weighted by molar-refractivity contribution is 0.401. The molecule has 0 aliphatic heterocycles. The summed E-state index contributed by atoms with van der Waals surface area (Å²) in [5.41, 5.74) is 4.94. The van der Waals surface area contributed by atoms with Gasteiger partial charge in [0.2, 0.25) is 0 Å². The standard InChI is InChI=1S/C16H23N3O/c1-6-17-15(13-9-7-8-11(2)12(13)3)16-14(20-5)10-18-19(16)4/h7-10,15,17H,6H2,1-5H3. The largest absolute Gasteiger partial charge is 0.493 e. The lowest BCUT2D eigenvalue weighted by Gasteiger charge is -2.22. The van der Waals surface area contributed by atoms with E-state index in [0.29, 0.717) is 0 Å². The highest BCUT2D eigenvalue weighted by Crippen LogP contribution is 2.31. The summed E-state index contributed by atoms with van der Waals surface area (Å²) in [4.78, 5) is 0. The molecule has 1 heterocycles. The summed E-state index contributed by atoms with van der Waals surface area (Å²) in [5, 5.41) is 7.86. The van der Waals surface area contributed by atoms with Crippen LogP contribution in [0.4, 0.5) is 0 Å². The van der Waals surface area contributed by atoms with Gasteiger partial charge < -0.3 is 10.1 Å². The van der Waals surface area contributed by atoms with Gasteiger partial charge in [0.15, 0.2) is 5.75 Å². The summed E-state index contributed by atoms with van der Waals surface area (Å²) in [6.45, 7) is 7.30. The van der Waals surface area contributed by atoms with Crippen molar-refractivity contribution in [2.24, 2.45) is 7.05 Å². The van der Waals surface area contributed by atoms with Crippen LogP contribution < -0.4 is 10.1 Å². The molecule has 1 atom stereocenters. The predicted octanol–water partition coefficient (Wildman–Crippen LogP) is 2.74. The molecule has 4 nitrogen and oxygen atoms in total. The zero-order valence-electron chi connectivity index (χ0n) is 12.9. The van der Waals surface area contributed by atoms with E-state index in [9.17, 15) is 0 Å². The smallest absolute Gasteiger partial charge is 0.161 e. The molecule has 0 bridgehead atoms. The van der Waals surface area contributed by atoms with Crippen LogP contribution in [-0.2, 0) is 7.05 Å². The summed E-state index contributed by atoms with van der Waals surface area (Å²) >= 11 is 0. The minimum atomic E-state index is 0.0855. The van der Waals surface area contributed by atoms with Gasteiger partial charge in [-0.1, -0.05) is 25.1 Å². The molecule has 1 N–H and O–H groups in total. The fourth-order valence-electron chi connectivity index (χ4n) is 2.56. The van der Waals surface area contributed by atoms with E-state index >= 15 is 0 Å². The molecule has 108 valence electrons. The molecule has 0 spiro atoms. The molecule has 0 amide bonds. The van der Waals surface area contributed by atoms with Crippen molar-refractivity contribution in [3.8, 4) is 5.75 Å². The van der Waals surface area contributed by atoms with Crippen molar-refractivity contribution in [3.05, 3.63) is 46.8 Å². The third-order valence-corrected chi connectivity index (χ3v) is 3.81. The predicted molar refractivity (Wildman–Crippen MR) is 81.2 cm³/mol. The fraction of sp³-hybridized carbons (Fsp3) is 0.438. The number of hydrogen-bond acceptors (Lipinski definition) is 3. The Hall–Kier alpha value is -1.81. The molecule has 2 aromatic rings. The van der Waals surface area contributed by atoms with E-state index in [-0.39, 0.29) is 6.04 Å². The molecule has 1 unspecified atom stereocenters. The zero-order valence-corrected chi connectivity index (χ0v) is 12.9. The monoisotopic (exact) mass is 273 g/mol. The van der Waals surface area contributed by atoms with Crippen LogP contribution in [0.3, 0.4) is 0 Å². The Bertz CT molecular complexity index is 589. The summed E-state index contributed by atoms with van der Waals surface area (Å²) in [7, 11) is 3.64. The average molecular weight is 273 g/mol. The minimum Gasteiger partial charge on any atom is -0.493 e. The van der Waals surface area contributed by atoms with Gasteiger partial charge in [0.05, 0.1) is 19.3 Å². The normalized spacial score (nSPS) is 12.4. The maximum Gasteiger partial charge on any atom is 0.161 e. The number of benzene rings is 1. The number of methoxy groups -OCH3 is 1. The summed E-state index contributed by atoms with van der Waals surface area (Å²) in [6.07, 6.45) is 1.77. The Balaban J connectivity index is 2.56. The maximum atomic E-state index is 5.46. The molecule has 1 aromatic carbocycles. The first-order chi connectivity index (χ1) is 9.60. The van der Waals surface area contributed by atoms with E-state index < -0.39 is 0 Å². The minimum absolute atomic E-state index is 0.0855. The van der Waals surface area contributed by atoms with Gasteiger partial charge in [-0.3, -0.25) is 4.68 Å². The van der Waals surface area contributed by atoms with E-state index in [0.717, 1.165) is 18.0 Å². The Kier molecular flexibility index (Phi) is 4.45. The molecular formula is C16H23N3O. The molecular weight excluding hydrogens is 250 g/mol. The van der Waals surface area contributed by atoms with Gasteiger partial charge in [0, 0.05) is 7.05 Å². The molecule has 0 aliphatic carbocycles. The van der Waals surface area contributed by atoms with E-state index in [4.69, 9.17) is 4.74 Å². The van der Waals surface area contributed by atoms with E-state index in [2.05, 4.69) is 49.4 Å². The Morgan fingerprint density at radius 3 is 2.75 bits per heavy atom. The molecule has 1 aromatic heterocycles. The number of ether oxygens (including phenoxy) is 1. The topological polar surface area (TPSA) is 39.1 Å². The second-order valence-corrected chi connectivity index (χ2v) is 5.00. The number of hydrogen-bond donors (Lipinski definition) is 1. The summed E-state index contributed by atoms with van der Waals surface area (Å²) in [5.74, 6) is 0.819. The van der Waals surface area contributed by atoms with Crippen molar-refractivity contribution < 1.29 is 4.74 Å². The first-order valence-corrected chi connectivity index (χ1v) is 6.95. The van der Waals surface area contributed by atoms with Gasteiger partial charge >= 0.3 is 0 Å². The first-order valence-electron chi connectivity index (χ1n) is 6.95. The van der Waals surface area contributed by atoms with Gasteiger partial charge in [0.1, 0.15) is 5.69 Å². The molecule has 0 saturated heterocycles. The molecule has 20 heavy (non-hydrogen) atoms. The number of rotatable bonds is 5. The highest BCUT2D eigenvalue weighted by molar-refractivity contribution is 5.42. The maximum absolute atomic E-state index is 5.46. The summed E-state index contributed by atoms with van der Waals surface area (Å²) < 4.78 is 7.34. The van der Waals surface area contributed by atoms with E-state index in [1.165, 1.54) is 16.7 Å². The van der Waals surface area contributed by atoms with Crippen molar-refractivity contribution in [3.63, 3.8) is 0 Å². The molecule has 0 radical (unpaired) electrons. The molecule has 0 saturated carbocycles. The number of nitrogens with one attached hydrogen (secondary N) is 1. The number of aryl methyl sites for hydroxylation is 2. The lowest BCUT2D eigenvalue weighted by atomic mass is 9.95. The van der Waals surface area contributed by atoms with Crippen molar-refractivity contribution in [1.82, 2.24) is 15.1 Å². The van der Waals surface area contributed by atoms with E-state index in [1.54, 1.807) is 13.3 Å². The molecule has 4 heteroatoms. The molecule has 0 aliphatic rings. The van der Waals surface area contributed by atoms with Crippen LogP contribution in [-0.4, -0.2) is 23.4 Å². The highest BCUT2D eigenvalue weighted by Gasteiger charge is 2.23. The van der Waals surface area contributed by atoms with Crippen molar-refractivity contribution in [1.29, 1.82) is 0 Å². The molecule has 2 rings (SSSR count). The average Bonchev–Trinajstić information content (AvgIpc) is 2.81. The van der Waals surface area contributed by atoms with Crippen LogP contribution in [0.15, 0.2) is 24.4 Å². The van der Waals surface area contributed by atoms with Crippen LogP contribution in [0.2, 0.25) is 0 Å². The third-order valence-electron chi connectivity index (χ3n) is 3.81. The quantitative estimate of drug-likeness (QED) is 0.910. The van der Waals surface area contributed by atoms with Crippen molar-refractivity contribution in [2.75, 3.05) is 13.7 Å². The SMILES string of the molecule is CCNC(c1cccc(C)c1C)c1c(OC)cnn1C. The third kappa shape index (κ3) is 2.56. The van der Waals surface area contributed by atoms with Crippen molar-refractivity contribution in [2.45, 2.75) is 26.8 Å². The van der Waals surface area contributed by atoms with Crippen molar-refractivity contribution >= 4 is 0 Å². The van der Waals surface area contributed by atoms with Crippen LogP contribution in [0.1, 0.15) is 35.3 Å². The van der Waals surface area contributed by atoms with Gasteiger partial charge in [-0.25, -0.2) is 0 Å². The Morgan fingerprint density at radius 2 is 2.10 bits per heavy atom. The first kappa shape index (κ1) is 14.6. The number of aromatic nitrogens is 2. The van der Waals surface area contributed by atoms with E-state index in [1.807, 2.05) is 11.7 Å². The lowest BCUT2D eigenvalue weighted by Crippen LogP contribution is -2.25. The molecule has 0 fully saturated rings. The zero-order chi connectivity index (χ0) is 14.7. The van der Waals surface area contributed by atoms with Gasteiger partial charge in [-0.15, -0.1) is 0 Å².